The maximum atomic E-state index is 11.3. The minimum atomic E-state index is -0.665. The molecule has 0 aromatic carbocycles. The predicted octanol–water partition coefficient (Wildman–Crippen LogP) is 2.22. The second kappa shape index (κ2) is 9.34. The lowest BCUT2D eigenvalue weighted by molar-refractivity contribution is -0.124. The second-order valence-corrected chi connectivity index (χ2v) is 5.23. The largest absolute Gasteiger partial charge is 0.378 e. The van der Waals surface area contributed by atoms with E-state index in [2.05, 4.69) is 19.2 Å². The number of hydrogen-bond donors (Lipinski definition) is 2. The zero-order valence-electron chi connectivity index (χ0n) is 12.4. The zero-order valence-corrected chi connectivity index (χ0v) is 12.4. The number of amides is 1. The van der Waals surface area contributed by atoms with Gasteiger partial charge in [0.1, 0.15) is 0 Å². The van der Waals surface area contributed by atoms with E-state index < -0.39 is 5.54 Å². The van der Waals surface area contributed by atoms with Gasteiger partial charge in [0.2, 0.25) is 5.91 Å². The van der Waals surface area contributed by atoms with E-state index in [1.54, 1.807) is 7.05 Å². The molecule has 0 aromatic heterocycles. The van der Waals surface area contributed by atoms with Gasteiger partial charge < -0.3 is 15.8 Å². The fraction of sp³-hybridized carbons (Fsp3) is 0.929. The highest BCUT2D eigenvalue weighted by Crippen LogP contribution is 2.12. The molecule has 4 nitrogen and oxygen atoms in total. The van der Waals surface area contributed by atoms with Gasteiger partial charge in [0.15, 0.2) is 0 Å². The van der Waals surface area contributed by atoms with Crippen molar-refractivity contribution in [1.82, 2.24) is 5.32 Å². The van der Waals surface area contributed by atoms with E-state index in [1.165, 1.54) is 25.7 Å². The van der Waals surface area contributed by atoms with Crippen molar-refractivity contribution in [3.8, 4) is 0 Å². The highest BCUT2D eigenvalue weighted by molar-refractivity contribution is 5.84. The molecule has 0 aromatic rings. The molecular weight excluding hydrogens is 228 g/mol. The van der Waals surface area contributed by atoms with E-state index in [0.29, 0.717) is 13.0 Å². The Morgan fingerprint density at radius 3 is 2.56 bits per heavy atom. The van der Waals surface area contributed by atoms with Crippen LogP contribution in [0.3, 0.4) is 0 Å². The molecular formula is C14H30N2O2. The van der Waals surface area contributed by atoms with E-state index in [0.717, 1.165) is 6.42 Å². The average molecular weight is 258 g/mol. The van der Waals surface area contributed by atoms with Gasteiger partial charge in [0.25, 0.3) is 0 Å². The van der Waals surface area contributed by atoms with Gasteiger partial charge in [-0.05, 0) is 33.7 Å². The SMILES string of the molecule is CCCCCCC(C)OCCC(C)(NC)C(N)=O. The van der Waals surface area contributed by atoms with Crippen LogP contribution in [0.4, 0.5) is 0 Å². The first-order valence-corrected chi connectivity index (χ1v) is 7.06. The Morgan fingerprint density at radius 1 is 1.39 bits per heavy atom. The first kappa shape index (κ1) is 17.4. The number of rotatable bonds is 11. The summed E-state index contributed by atoms with van der Waals surface area (Å²) in [6.45, 7) is 6.68. The van der Waals surface area contributed by atoms with E-state index in [9.17, 15) is 4.79 Å². The third-order valence-electron chi connectivity index (χ3n) is 3.56. The summed E-state index contributed by atoms with van der Waals surface area (Å²) in [6, 6.07) is 0. The Bertz CT molecular complexity index is 234. The first-order chi connectivity index (χ1) is 8.46. The maximum Gasteiger partial charge on any atom is 0.237 e. The van der Waals surface area contributed by atoms with Crippen molar-refractivity contribution < 1.29 is 9.53 Å². The number of likely N-dealkylation sites (N-methyl/N-ethyl adjacent to an activating group) is 1. The molecule has 2 atom stereocenters. The summed E-state index contributed by atoms with van der Waals surface area (Å²) in [6.07, 6.45) is 7.01. The van der Waals surface area contributed by atoms with Gasteiger partial charge in [-0.15, -0.1) is 0 Å². The number of ether oxygens (including phenoxy) is 1. The summed E-state index contributed by atoms with van der Waals surface area (Å²) >= 11 is 0. The third-order valence-corrected chi connectivity index (χ3v) is 3.56. The monoisotopic (exact) mass is 258 g/mol. The van der Waals surface area contributed by atoms with Crippen molar-refractivity contribution in [2.24, 2.45) is 5.73 Å². The fourth-order valence-electron chi connectivity index (χ4n) is 1.78. The molecule has 0 spiro atoms. The zero-order chi connectivity index (χ0) is 14.0. The quantitative estimate of drug-likeness (QED) is 0.558. The van der Waals surface area contributed by atoms with E-state index in [-0.39, 0.29) is 12.0 Å². The lowest BCUT2D eigenvalue weighted by Crippen LogP contribution is -2.52. The van der Waals surface area contributed by atoms with Crippen LogP contribution in [0, 0.1) is 0 Å². The molecule has 18 heavy (non-hydrogen) atoms. The lowest BCUT2D eigenvalue weighted by atomic mass is 9.98. The van der Waals surface area contributed by atoms with Gasteiger partial charge in [-0.1, -0.05) is 32.6 Å². The summed E-state index contributed by atoms with van der Waals surface area (Å²) in [5.41, 5.74) is 4.69. The van der Waals surface area contributed by atoms with E-state index in [4.69, 9.17) is 10.5 Å². The highest BCUT2D eigenvalue weighted by Gasteiger charge is 2.28. The summed E-state index contributed by atoms with van der Waals surface area (Å²) in [5.74, 6) is -0.329. The molecule has 0 saturated carbocycles. The molecule has 0 aliphatic rings. The van der Waals surface area contributed by atoms with E-state index in [1.807, 2.05) is 6.92 Å². The molecule has 0 heterocycles. The Hall–Kier alpha value is -0.610. The molecule has 1 amide bonds. The van der Waals surface area contributed by atoms with Crippen molar-refractivity contribution in [1.29, 1.82) is 0 Å². The Labute approximate surface area is 112 Å². The van der Waals surface area contributed by atoms with Gasteiger partial charge >= 0.3 is 0 Å². The Kier molecular flexibility index (Phi) is 9.02. The topological polar surface area (TPSA) is 64.3 Å². The number of primary amides is 1. The van der Waals surface area contributed by atoms with E-state index >= 15 is 0 Å². The molecule has 0 fully saturated rings. The van der Waals surface area contributed by atoms with Crippen molar-refractivity contribution in [2.75, 3.05) is 13.7 Å². The molecule has 0 saturated heterocycles. The number of nitrogens with two attached hydrogens (primary N) is 1. The van der Waals surface area contributed by atoms with Crippen LogP contribution in [0.5, 0.6) is 0 Å². The molecule has 0 bridgehead atoms. The summed E-state index contributed by atoms with van der Waals surface area (Å²) < 4.78 is 5.72. The molecule has 108 valence electrons. The minimum Gasteiger partial charge on any atom is -0.378 e. The summed E-state index contributed by atoms with van der Waals surface area (Å²) in [7, 11) is 1.75. The molecule has 0 radical (unpaired) electrons. The van der Waals surface area contributed by atoms with Crippen LogP contribution >= 0.6 is 0 Å². The van der Waals surface area contributed by atoms with Crippen molar-refractivity contribution in [2.45, 2.75) is 70.9 Å². The van der Waals surface area contributed by atoms with Gasteiger partial charge in [0, 0.05) is 6.61 Å². The molecule has 2 unspecified atom stereocenters. The second-order valence-electron chi connectivity index (χ2n) is 5.23. The van der Waals surface area contributed by atoms with Gasteiger partial charge in [-0.3, -0.25) is 4.79 Å². The first-order valence-electron chi connectivity index (χ1n) is 7.06. The number of hydrogen-bond acceptors (Lipinski definition) is 3. The fourth-order valence-corrected chi connectivity index (χ4v) is 1.78. The standard InChI is InChI=1S/C14H30N2O2/c1-5-6-7-8-9-12(2)18-11-10-14(3,16-4)13(15)17/h12,16H,5-11H2,1-4H3,(H2,15,17). The van der Waals surface area contributed by atoms with Crippen molar-refractivity contribution in [3.05, 3.63) is 0 Å². The van der Waals surface area contributed by atoms with Crippen LogP contribution in [0.1, 0.15) is 59.3 Å². The van der Waals surface area contributed by atoms with Crippen molar-refractivity contribution in [3.63, 3.8) is 0 Å². The van der Waals surface area contributed by atoms with Crippen LogP contribution in [-0.4, -0.2) is 31.2 Å². The van der Waals surface area contributed by atoms with Crippen LogP contribution < -0.4 is 11.1 Å². The van der Waals surface area contributed by atoms with Crippen LogP contribution in [0.25, 0.3) is 0 Å². The van der Waals surface area contributed by atoms with Crippen LogP contribution in [-0.2, 0) is 9.53 Å². The van der Waals surface area contributed by atoms with Gasteiger partial charge in [-0.2, -0.15) is 0 Å². The van der Waals surface area contributed by atoms with Crippen LogP contribution in [0.15, 0.2) is 0 Å². The predicted molar refractivity (Wildman–Crippen MR) is 75.4 cm³/mol. The number of nitrogens with one attached hydrogen (secondary N) is 1. The van der Waals surface area contributed by atoms with Crippen LogP contribution in [0.2, 0.25) is 0 Å². The highest BCUT2D eigenvalue weighted by atomic mass is 16.5. The third kappa shape index (κ3) is 6.97. The number of unbranched alkanes of at least 4 members (excludes halogenated alkanes) is 3. The molecule has 4 heteroatoms. The maximum absolute atomic E-state index is 11.3. The summed E-state index contributed by atoms with van der Waals surface area (Å²) in [4.78, 5) is 11.3. The molecule has 0 aliphatic heterocycles. The van der Waals surface area contributed by atoms with Crippen molar-refractivity contribution >= 4 is 5.91 Å². The molecule has 3 N–H and O–H groups in total. The number of carbonyl (C=O) groups excluding carboxylic acids is 1. The average Bonchev–Trinajstić information content (AvgIpc) is 2.34. The normalized spacial score (nSPS) is 16.2. The number of carbonyl (C=O) groups is 1. The lowest BCUT2D eigenvalue weighted by Gasteiger charge is -2.26. The molecule has 0 aliphatic carbocycles. The van der Waals surface area contributed by atoms with Gasteiger partial charge in [0.05, 0.1) is 11.6 Å². The Balaban J connectivity index is 3.72. The smallest absolute Gasteiger partial charge is 0.237 e. The Morgan fingerprint density at radius 2 is 2.06 bits per heavy atom. The summed E-state index contributed by atoms with van der Waals surface area (Å²) in [5, 5.41) is 2.96. The molecule has 0 rings (SSSR count). The van der Waals surface area contributed by atoms with Gasteiger partial charge in [-0.25, -0.2) is 0 Å². The minimum absolute atomic E-state index is 0.260.